The van der Waals surface area contributed by atoms with E-state index >= 15 is 0 Å². The minimum Gasteiger partial charge on any atom is -0.352 e. The van der Waals surface area contributed by atoms with E-state index in [1.807, 2.05) is 53.2 Å². The summed E-state index contributed by atoms with van der Waals surface area (Å²) in [5.74, 6) is -0.446. The van der Waals surface area contributed by atoms with Crippen LogP contribution in [-0.2, 0) is 22.7 Å². The molecule has 0 unspecified atom stereocenters. The molecule has 28 heavy (non-hydrogen) atoms. The maximum absolute atomic E-state index is 12.6. The van der Waals surface area contributed by atoms with Gasteiger partial charge in [-0.1, -0.05) is 24.3 Å². The van der Waals surface area contributed by atoms with Crippen molar-refractivity contribution >= 4 is 11.8 Å². The van der Waals surface area contributed by atoms with E-state index in [0.29, 0.717) is 19.6 Å². The highest BCUT2D eigenvalue weighted by Gasteiger charge is 2.34. The number of hydrogen-bond acceptors (Lipinski definition) is 4. The van der Waals surface area contributed by atoms with Gasteiger partial charge in [-0.05, 0) is 23.8 Å². The van der Waals surface area contributed by atoms with Gasteiger partial charge in [0.2, 0.25) is 11.8 Å². The third-order valence-corrected chi connectivity index (χ3v) is 4.89. The van der Waals surface area contributed by atoms with Gasteiger partial charge in [0.25, 0.3) is 0 Å². The molecule has 1 aliphatic rings. The number of aromatic nitrogens is 3. The lowest BCUT2D eigenvalue weighted by atomic mass is 10.1. The Hall–Kier alpha value is -3.48. The normalized spacial score (nSPS) is 16.4. The van der Waals surface area contributed by atoms with Crippen LogP contribution in [0.1, 0.15) is 17.7 Å². The lowest BCUT2D eigenvalue weighted by Gasteiger charge is -2.16. The van der Waals surface area contributed by atoms with Crippen molar-refractivity contribution in [2.45, 2.75) is 19.5 Å². The molecule has 0 spiro atoms. The fourth-order valence-electron chi connectivity index (χ4n) is 3.43. The van der Waals surface area contributed by atoms with Crippen LogP contribution in [0.15, 0.2) is 67.4 Å². The van der Waals surface area contributed by atoms with Gasteiger partial charge in [0.05, 0.1) is 30.2 Å². The lowest BCUT2D eigenvalue weighted by Crippen LogP contribution is -2.32. The number of rotatable bonds is 6. The Kier molecular flexibility index (Phi) is 5.14. The molecule has 1 aliphatic heterocycles. The van der Waals surface area contributed by atoms with Gasteiger partial charge in [0.15, 0.2) is 0 Å². The first-order valence-electron chi connectivity index (χ1n) is 9.22. The summed E-state index contributed by atoms with van der Waals surface area (Å²) < 4.78 is 1.91. The Morgan fingerprint density at radius 1 is 1.14 bits per heavy atom. The summed E-state index contributed by atoms with van der Waals surface area (Å²) in [6, 6.07) is 13.5. The summed E-state index contributed by atoms with van der Waals surface area (Å²) in [6.07, 6.45) is 7.26. The fraction of sp³-hybridized carbons (Fsp3) is 0.238. The highest BCUT2D eigenvalue weighted by atomic mass is 16.2. The molecule has 0 aliphatic carbocycles. The zero-order valence-corrected chi connectivity index (χ0v) is 15.4. The van der Waals surface area contributed by atoms with Crippen LogP contribution in [0.5, 0.6) is 0 Å². The molecule has 1 aromatic carbocycles. The van der Waals surface area contributed by atoms with E-state index in [0.717, 1.165) is 16.9 Å². The minimum atomic E-state index is -0.336. The van der Waals surface area contributed by atoms with Crippen molar-refractivity contribution < 1.29 is 9.59 Å². The number of imidazole rings is 1. The van der Waals surface area contributed by atoms with Crippen LogP contribution in [-0.4, -0.2) is 37.8 Å². The van der Waals surface area contributed by atoms with Crippen LogP contribution in [0.2, 0.25) is 0 Å². The molecule has 2 aromatic heterocycles. The minimum absolute atomic E-state index is 0.00961. The van der Waals surface area contributed by atoms with Gasteiger partial charge in [-0.3, -0.25) is 14.6 Å². The predicted octanol–water partition coefficient (Wildman–Crippen LogP) is 1.93. The second-order valence-corrected chi connectivity index (χ2v) is 6.81. The van der Waals surface area contributed by atoms with Crippen molar-refractivity contribution in [2.24, 2.45) is 5.92 Å². The molecular weight excluding hydrogens is 354 g/mol. The number of amides is 2. The van der Waals surface area contributed by atoms with Gasteiger partial charge in [-0.15, -0.1) is 0 Å². The molecule has 1 atom stereocenters. The summed E-state index contributed by atoms with van der Waals surface area (Å²) >= 11 is 0. The Balaban J connectivity index is 1.37. The Labute approximate surface area is 163 Å². The Bertz CT molecular complexity index is 956. The average molecular weight is 375 g/mol. The number of nitrogens with one attached hydrogen (secondary N) is 1. The van der Waals surface area contributed by atoms with Crippen LogP contribution >= 0.6 is 0 Å². The van der Waals surface area contributed by atoms with Gasteiger partial charge >= 0.3 is 0 Å². The van der Waals surface area contributed by atoms with Gasteiger partial charge in [0.1, 0.15) is 0 Å². The first kappa shape index (κ1) is 17.9. The van der Waals surface area contributed by atoms with E-state index in [2.05, 4.69) is 15.3 Å². The van der Waals surface area contributed by atoms with Gasteiger partial charge in [-0.25, -0.2) is 4.98 Å². The van der Waals surface area contributed by atoms with E-state index in [4.69, 9.17) is 0 Å². The molecular formula is C21H21N5O2. The second-order valence-electron chi connectivity index (χ2n) is 6.81. The number of pyridine rings is 1. The van der Waals surface area contributed by atoms with Crippen molar-refractivity contribution in [3.63, 3.8) is 0 Å². The summed E-state index contributed by atoms with van der Waals surface area (Å²) in [5, 5.41) is 2.98. The van der Waals surface area contributed by atoms with Crippen LogP contribution in [0, 0.1) is 5.92 Å². The molecule has 1 saturated heterocycles. The largest absolute Gasteiger partial charge is 0.352 e. The smallest absolute Gasteiger partial charge is 0.225 e. The van der Waals surface area contributed by atoms with E-state index in [1.165, 1.54) is 0 Å². The molecule has 0 saturated carbocycles. The van der Waals surface area contributed by atoms with Crippen molar-refractivity contribution in [2.75, 3.05) is 6.54 Å². The summed E-state index contributed by atoms with van der Waals surface area (Å²) in [7, 11) is 0. The Morgan fingerprint density at radius 3 is 2.79 bits per heavy atom. The molecule has 3 aromatic rings. The number of likely N-dealkylation sites (tertiary alicyclic amines) is 1. The molecule has 4 rings (SSSR count). The van der Waals surface area contributed by atoms with Crippen molar-refractivity contribution in [3.8, 4) is 5.69 Å². The number of benzene rings is 1. The van der Waals surface area contributed by atoms with Gasteiger partial charge in [-0.2, -0.15) is 0 Å². The van der Waals surface area contributed by atoms with E-state index in [9.17, 15) is 9.59 Å². The first-order chi connectivity index (χ1) is 13.7. The molecule has 7 heteroatoms. The fourth-order valence-corrected chi connectivity index (χ4v) is 3.43. The number of para-hydroxylation sites is 1. The highest BCUT2D eigenvalue weighted by Crippen LogP contribution is 2.20. The SMILES string of the molecule is O=C(NCc1ccccc1-n1ccnc1)[C@@H]1CC(=O)N(Cc2ccccn2)C1. The first-order valence-corrected chi connectivity index (χ1v) is 9.22. The number of nitrogens with zero attached hydrogens (tertiary/aromatic N) is 4. The monoisotopic (exact) mass is 375 g/mol. The predicted molar refractivity (Wildman–Crippen MR) is 103 cm³/mol. The molecule has 1 N–H and O–H groups in total. The van der Waals surface area contributed by atoms with Gasteiger partial charge < -0.3 is 14.8 Å². The molecule has 3 heterocycles. The average Bonchev–Trinajstić information content (AvgIpc) is 3.38. The number of carbonyl (C=O) groups excluding carboxylic acids is 2. The van der Waals surface area contributed by atoms with Crippen LogP contribution < -0.4 is 5.32 Å². The zero-order chi connectivity index (χ0) is 19.3. The standard InChI is InChI=1S/C21H21N5O2/c27-20-11-17(13-26(20)14-18-6-3-4-8-23-18)21(28)24-12-16-5-1-2-7-19(16)25-10-9-22-15-25/h1-10,15,17H,11-14H2,(H,24,28)/t17-/m1/s1. The third kappa shape index (κ3) is 3.93. The van der Waals surface area contributed by atoms with Gasteiger partial charge in [0, 0.05) is 38.1 Å². The van der Waals surface area contributed by atoms with Crippen LogP contribution in [0.4, 0.5) is 0 Å². The van der Waals surface area contributed by atoms with E-state index in [1.54, 1.807) is 23.6 Å². The highest BCUT2D eigenvalue weighted by molar-refractivity contribution is 5.89. The van der Waals surface area contributed by atoms with Crippen molar-refractivity contribution in [1.29, 1.82) is 0 Å². The molecule has 0 radical (unpaired) electrons. The lowest BCUT2D eigenvalue weighted by molar-refractivity contribution is -0.129. The van der Waals surface area contributed by atoms with E-state index in [-0.39, 0.29) is 24.2 Å². The number of carbonyl (C=O) groups is 2. The molecule has 0 bridgehead atoms. The maximum atomic E-state index is 12.6. The van der Waals surface area contributed by atoms with Crippen molar-refractivity contribution in [3.05, 3.63) is 78.6 Å². The summed E-state index contributed by atoms with van der Waals surface area (Å²) in [4.78, 5) is 35.0. The van der Waals surface area contributed by atoms with Crippen LogP contribution in [0.25, 0.3) is 5.69 Å². The molecule has 1 fully saturated rings. The zero-order valence-electron chi connectivity index (χ0n) is 15.4. The van der Waals surface area contributed by atoms with Crippen molar-refractivity contribution in [1.82, 2.24) is 24.8 Å². The molecule has 142 valence electrons. The number of hydrogen-bond donors (Lipinski definition) is 1. The molecule has 2 amide bonds. The molecule has 7 nitrogen and oxygen atoms in total. The second kappa shape index (κ2) is 8.04. The topological polar surface area (TPSA) is 80.1 Å². The summed E-state index contributed by atoms with van der Waals surface area (Å²) in [6.45, 7) is 1.26. The third-order valence-electron chi connectivity index (χ3n) is 4.89. The maximum Gasteiger partial charge on any atom is 0.225 e. The van der Waals surface area contributed by atoms with Crippen LogP contribution in [0.3, 0.4) is 0 Å². The quantitative estimate of drug-likeness (QED) is 0.714. The summed E-state index contributed by atoms with van der Waals surface area (Å²) in [5.41, 5.74) is 2.79. The van der Waals surface area contributed by atoms with E-state index < -0.39 is 0 Å². The Morgan fingerprint density at radius 2 is 2.00 bits per heavy atom.